The number of rotatable bonds is 13. The van der Waals surface area contributed by atoms with Crippen LogP contribution in [0.1, 0.15) is 77.7 Å². The molecule has 0 fully saturated rings. The number of carbonyl (C=O) groups is 1. The zero-order valence-corrected chi connectivity index (χ0v) is 18.1. The Bertz CT molecular complexity index is 655. The standard InChI is InChI=1S/C21H35NO4S/c1-5-7-8-9-10-11-12-21(23)22(18(3)6-2)17-19-13-15-20(16-14-19)26-27(4,24)25/h13-16,18H,5-12,17H2,1-4H3. The van der Waals surface area contributed by atoms with Crippen LogP contribution in [0.15, 0.2) is 24.3 Å². The first kappa shape index (κ1) is 23.5. The molecule has 1 aromatic rings. The van der Waals surface area contributed by atoms with Crippen molar-refractivity contribution in [2.45, 2.75) is 84.7 Å². The van der Waals surface area contributed by atoms with Gasteiger partial charge in [0.25, 0.3) is 0 Å². The lowest BCUT2D eigenvalue weighted by Crippen LogP contribution is -2.37. The van der Waals surface area contributed by atoms with Crippen LogP contribution in [-0.2, 0) is 21.5 Å². The largest absolute Gasteiger partial charge is 0.383 e. The van der Waals surface area contributed by atoms with E-state index in [1.807, 2.05) is 17.0 Å². The Morgan fingerprint density at radius 1 is 1.04 bits per heavy atom. The highest BCUT2D eigenvalue weighted by molar-refractivity contribution is 7.86. The Morgan fingerprint density at radius 2 is 1.63 bits per heavy atom. The number of hydrogen-bond donors (Lipinski definition) is 0. The number of nitrogens with zero attached hydrogens (tertiary/aromatic N) is 1. The highest BCUT2D eigenvalue weighted by Crippen LogP contribution is 2.18. The molecule has 0 aliphatic rings. The lowest BCUT2D eigenvalue weighted by molar-refractivity contribution is -0.134. The van der Waals surface area contributed by atoms with Crippen LogP contribution in [-0.4, -0.2) is 31.5 Å². The fraction of sp³-hybridized carbons (Fsp3) is 0.667. The lowest BCUT2D eigenvalue weighted by Gasteiger charge is -2.29. The summed E-state index contributed by atoms with van der Waals surface area (Å²) in [7, 11) is -3.53. The van der Waals surface area contributed by atoms with E-state index in [2.05, 4.69) is 20.8 Å². The van der Waals surface area contributed by atoms with Crippen LogP contribution in [0.3, 0.4) is 0 Å². The highest BCUT2D eigenvalue weighted by Gasteiger charge is 2.19. The van der Waals surface area contributed by atoms with Crippen molar-refractivity contribution in [2.75, 3.05) is 6.26 Å². The third kappa shape index (κ3) is 9.80. The minimum Gasteiger partial charge on any atom is -0.383 e. The van der Waals surface area contributed by atoms with Gasteiger partial charge in [-0.15, -0.1) is 0 Å². The van der Waals surface area contributed by atoms with Gasteiger partial charge in [-0.2, -0.15) is 8.42 Å². The Kier molecular flexibility index (Phi) is 10.4. The predicted octanol–water partition coefficient (Wildman–Crippen LogP) is 4.90. The average molecular weight is 398 g/mol. The first-order chi connectivity index (χ1) is 12.8. The van der Waals surface area contributed by atoms with Crippen molar-refractivity contribution in [1.82, 2.24) is 4.90 Å². The average Bonchev–Trinajstić information content (AvgIpc) is 2.62. The summed E-state index contributed by atoms with van der Waals surface area (Å²) in [4.78, 5) is 14.6. The molecule has 0 heterocycles. The molecule has 0 saturated carbocycles. The van der Waals surface area contributed by atoms with E-state index in [-0.39, 0.29) is 17.7 Å². The molecule has 1 rings (SSSR count). The predicted molar refractivity (Wildman–Crippen MR) is 110 cm³/mol. The quantitative estimate of drug-likeness (QED) is 0.351. The van der Waals surface area contributed by atoms with E-state index in [4.69, 9.17) is 4.18 Å². The zero-order chi connectivity index (χ0) is 20.3. The van der Waals surface area contributed by atoms with Crippen molar-refractivity contribution < 1.29 is 17.4 Å². The molecule has 6 heteroatoms. The molecule has 27 heavy (non-hydrogen) atoms. The third-order valence-electron chi connectivity index (χ3n) is 4.71. The fourth-order valence-corrected chi connectivity index (χ4v) is 3.39. The summed E-state index contributed by atoms with van der Waals surface area (Å²) in [5, 5.41) is 0. The lowest BCUT2D eigenvalue weighted by atomic mass is 10.1. The van der Waals surface area contributed by atoms with Crippen LogP contribution >= 0.6 is 0 Å². The first-order valence-electron chi connectivity index (χ1n) is 10.0. The van der Waals surface area contributed by atoms with Gasteiger partial charge in [0.2, 0.25) is 5.91 Å². The van der Waals surface area contributed by atoms with Crippen LogP contribution in [0, 0.1) is 0 Å². The van der Waals surface area contributed by atoms with Crippen molar-refractivity contribution in [2.24, 2.45) is 0 Å². The van der Waals surface area contributed by atoms with Gasteiger partial charge in [-0.3, -0.25) is 4.79 Å². The molecule has 0 bridgehead atoms. The molecule has 0 spiro atoms. The van der Waals surface area contributed by atoms with Gasteiger partial charge in [0.05, 0.1) is 6.26 Å². The molecule has 1 aromatic carbocycles. The number of hydrogen-bond acceptors (Lipinski definition) is 4. The van der Waals surface area contributed by atoms with Crippen molar-refractivity contribution >= 4 is 16.0 Å². The second-order valence-electron chi connectivity index (χ2n) is 7.23. The Balaban J connectivity index is 2.62. The van der Waals surface area contributed by atoms with Gasteiger partial charge in [0, 0.05) is 19.0 Å². The van der Waals surface area contributed by atoms with Gasteiger partial charge in [-0.25, -0.2) is 0 Å². The van der Waals surface area contributed by atoms with Gasteiger partial charge < -0.3 is 9.08 Å². The van der Waals surface area contributed by atoms with Gasteiger partial charge in [0.1, 0.15) is 5.75 Å². The smallest absolute Gasteiger partial charge is 0.306 e. The van der Waals surface area contributed by atoms with Gasteiger partial charge in [-0.1, -0.05) is 58.1 Å². The van der Waals surface area contributed by atoms with Crippen LogP contribution < -0.4 is 4.18 Å². The van der Waals surface area contributed by atoms with Crippen molar-refractivity contribution in [1.29, 1.82) is 0 Å². The molecule has 0 aliphatic heterocycles. The first-order valence-corrected chi connectivity index (χ1v) is 11.9. The Labute approximate surface area is 165 Å². The topological polar surface area (TPSA) is 63.7 Å². The number of amides is 1. The molecule has 0 radical (unpaired) electrons. The second kappa shape index (κ2) is 12.0. The number of carbonyl (C=O) groups excluding carboxylic acids is 1. The summed E-state index contributed by atoms with van der Waals surface area (Å²) in [5.74, 6) is 0.478. The molecular formula is C21H35NO4S. The van der Waals surface area contributed by atoms with Crippen molar-refractivity contribution in [3.8, 4) is 5.75 Å². The van der Waals surface area contributed by atoms with Gasteiger partial charge in [-0.05, 0) is 37.5 Å². The number of unbranched alkanes of at least 4 members (excludes halogenated alkanes) is 5. The molecule has 1 unspecified atom stereocenters. The van der Waals surface area contributed by atoms with E-state index in [0.29, 0.717) is 13.0 Å². The molecule has 5 nitrogen and oxygen atoms in total. The SMILES string of the molecule is CCCCCCCCC(=O)N(Cc1ccc(OS(C)(=O)=O)cc1)C(C)CC. The van der Waals surface area contributed by atoms with Gasteiger partial charge >= 0.3 is 10.1 Å². The second-order valence-corrected chi connectivity index (χ2v) is 8.80. The maximum Gasteiger partial charge on any atom is 0.306 e. The molecule has 0 aliphatic carbocycles. The summed E-state index contributed by atoms with van der Waals surface area (Å²) in [6, 6.07) is 7.05. The maximum atomic E-state index is 12.7. The van der Waals surface area contributed by atoms with Gasteiger partial charge in [0.15, 0.2) is 0 Å². The molecule has 1 amide bonds. The molecule has 0 N–H and O–H groups in total. The van der Waals surface area contributed by atoms with Crippen LogP contribution in [0.4, 0.5) is 0 Å². The monoisotopic (exact) mass is 397 g/mol. The van der Waals surface area contributed by atoms with Crippen molar-refractivity contribution in [3.63, 3.8) is 0 Å². The fourth-order valence-electron chi connectivity index (χ4n) is 2.93. The maximum absolute atomic E-state index is 12.7. The molecule has 0 aromatic heterocycles. The molecular weight excluding hydrogens is 362 g/mol. The van der Waals surface area contributed by atoms with Crippen LogP contribution in [0.2, 0.25) is 0 Å². The van der Waals surface area contributed by atoms with E-state index in [0.717, 1.165) is 31.1 Å². The summed E-state index contributed by atoms with van der Waals surface area (Å²) >= 11 is 0. The van der Waals surface area contributed by atoms with E-state index in [1.54, 1.807) is 12.1 Å². The molecule has 0 saturated heterocycles. The summed E-state index contributed by atoms with van der Waals surface area (Å²) in [6.45, 7) is 6.88. The minimum absolute atomic E-state index is 0.171. The van der Waals surface area contributed by atoms with E-state index >= 15 is 0 Å². The zero-order valence-electron chi connectivity index (χ0n) is 17.2. The van der Waals surface area contributed by atoms with Crippen LogP contribution in [0.25, 0.3) is 0 Å². The Hall–Kier alpha value is -1.56. The number of benzene rings is 1. The summed E-state index contributed by atoms with van der Waals surface area (Å²) < 4.78 is 27.2. The minimum atomic E-state index is -3.53. The van der Waals surface area contributed by atoms with Crippen molar-refractivity contribution in [3.05, 3.63) is 29.8 Å². The highest BCUT2D eigenvalue weighted by atomic mass is 32.2. The van der Waals surface area contributed by atoms with Crippen LogP contribution in [0.5, 0.6) is 5.75 Å². The van der Waals surface area contributed by atoms with E-state index in [1.165, 1.54) is 25.7 Å². The normalized spacial score (nSPS) is 12.6. The summed E-state index contributed by atoms with van der Waals surface area (Å²) in [6.07, 6.45) is 9.51. The van der Waals surface area contributed by atoms with E-state index in [9.17, 15) is 13.2 Å². The molecule has 154 valence electrons. The third-order valence-corrected chi connectivity index (χ3v) is 5.21. The Morgan fingerprint density at radius 3 is 2.19 bits per heavy atom. The summed E-state index contributed by atoms with van der Waals surface area (Å²) in [5.41, 5.74) is 0.965. The van der Waals surface area contributed by atoms with E-state index < -0.39 is 10.1 Å². The molecule has 1 atom stereocenters.